The number of likely N-dealkylation sites (N-methyl/N-ethyl adjacent to an activating group) is 1. The molecule has 0 aliphatic rings. The van der Waals surface area contributed by atoms with Gasteiger partial charge < -0.3 is 19.8 Å². The van der Waals surface area contributed by atoms with Crippen molar-refractivity contribution in [2.24, 2.45) is 0 Å². The van der Waals surface area contributed by atoms with Gasteiger partial charge in [0.05, 0.1) is 39.9 Å². The second-order valence-electron chi connectivity index (χ2n) is 7.60. The SMILES string of the molecule is CCCCCC(O)C(COP(=O)(O)OCC[N+](C)(C)C)NC(=O)CCC. The molecule has 0 aliphatic heterocycles. The summed E-state index contributed by atoms with van der Waals surface area (Å²) in [4.78, 5) is 21.7. The van der Waals surface area contributed by atoms with Gasteiger partial charge in [-0.3, -0.25) is 13.8 Å². The molecule has 0 aromatic rings. The van der Waals surface area contributed by atoms with E-state index < -0.39 is 20.0 Å². The number of aliphatic hydroxyl groups excluding tert-OH is 1. The molecule has 0 saturated carbocycles. The molecule has 0 aliphatic carbocycles. The second kappa shape index (κ2) is 12.8. The molecule has 0 bridgehead atoms. The number of carbonyl (C=O) groups excluding carboxylic acids is 1. The van der Waals surface area contributed by atoms with E-state index in [1.807, 2.05) is 28.1 Å². The Bertz CT molecular complexity index is 441. The highest BCUT2D eigenvalue weighted by Gasteiger charge is 2.28. The number of hydrogen-bond acceptors (Lipinski definition) is 5. The van der Waals surface area contributed by atoms with Gasteiger partial charge in [-0.2, -0.15) is 0 Å². The average molecular weight is 397 g/mol. The molecule has 0 fully saturated rings. The summed E-state index contributed by atoms with van der Waals surface area (Å²) in [5.74, 6) is -0.214. The lowest BCUT2D eigenvalue weighted by molar-refractivity contribution is -0.870. The van der Waals surface area contributed by atoms with E-state index in [2.05, 4.69) is 12.2 Å². The fourth-order valence-electron chi connectivity index (χ4n) is 2.20. The minimum Gasteiger partial charge on any atom is -0.391 e. The topological polar surface area (TPSA) is 105 Å². The Morgan fingerprint density at radius 2 is 1.81 bits per heavy atom. The van der Waals surface area contributed by atoms with Gasteiger partial charge in [-0.1, -0.05) is 33.1 Å². The molecule has 0 spiro atoms. The summed E-state index contributed by atoms with van der Waals surface area (Å²) in [5.41, 5.74) is 0. The third-order valence-electron chi connectivity index (χ3n) is 3.83. The van der Waals surface area contributed by atoms with E-state index in [0.29, 0.717) is 30.3 Å². The van der Waals surface area contributed by atoms with E-state index in [0.717, 1.165) is 19.3 Å². The van der Waals surface area contributed by atoms with Gasteiger partial charge in [0.1, 0.15) is 13.2 Å². The van der Waals surface area contributed by atoms with Crippen LogP contribution in [0.15, 0.2) is 0 Å². The number of hydrogen-bond donors (Lipinski definition) is 3. The molecular formula is C17H38N2O6P+. The molecule has 3 atom stereocenters. The van der Waals surface area contributed by atoms with Gasteiger partial charge in [-0.25, -0.2) is 4.57 Å². The zero-order valence-electron chi connectivity index (χ0n) is 16.9. The first-order chi connectivity index (χ1) is 12.0. The zero-order valence-corrected chi connectivity index (χ0v) is 17.8. The fourth-order valence-corrected chi connectivity index (χ4v) is 2.94. The molecule has 0 aromatic carbocycles. The van der Waals surface area contributed by atoms with Crippen molar-refractivity contribution in [2.75, 3.05) is 40.9 Å². The monoisotopic (exact) mass is 397 g/mol. The van der Waals surface area contributed by atoms with Gasteiger partial charge in [0.2, 0.25) is 5.91 Å². The van der Waals surface area contributed by atoms with Gasteiger partial charge >= 0.3 is 7.82 Å². The number of amides is 1. The van der Waals surface area contributed by atoms with Crippen LogP contribution in [0, 0.1) is 0 Å². The van der Waals surface area contributed by atoms with Gasteiger partial charge in [-0.15, -0.1) is 0 Å². The van der Waals surface area contributed by atoms with Crippen LogP contribution in [-0.4, -0.2) is 73.4 Å². The Kier molecular flexibility index (Phi) is 12.6. The first kappa shape index (κ1) is 25.5. The predicted octanol–water partition coefficient (Wildman–Crippen LogP) is 2.05. The van der Waals surface area contributed by atoms with E-state index in [9.17, 15) is 19.4 Å². The third-order valence-corrected chi connectivity index (χ3v) is 4.81. The second-order valence-corrected chi connectivity index (χ2v) is 9.05. The van der Waals surface area contributed by atoms with Crippen molar-refractivity contribution in [1.29, 1.82) is 0 Å². The number of unbranched alkanes of at least 4 members (excludes halogenated alkanes) is 2. The van der Waals surface area contributed by atoms with Crippen molar-refractivity contribution in [3.8, 4) is 0 Å². The normalized spacial score (nSPS) is 16.7. The zero-order chi connectivity index (χ0) is 20.2. The molecule has 3 N–H and O–H groups in total. The number of nitrogens with zero attached hydrogens (tertiary/aromatic N) is 1. The van der Waals surface area contributed by atoms with Gasteiger partial charge in [0, 0.05) is 6.42 Å². The molecular weight excluding hydrogens is 359 g/mol. The Labute approximate surface area is 158 Å². The van der Waals surface area contributed by atoms with Crippen LogP contribution in [-0.2, 0) is 18.4 Å². The number of quaternary nitrogens is 1. The molecule has 156 valence electrons. The minimum absolute atomic E-state index is 0.0726. The number of carbonyl (C=O) groups is 1. The van der Waals surface area contributed by atoms with Crippen LogP contribution >= 0.6 is 7.82 Å². The Balaban J connectivity index is 4.62. The lowest BCUT2D eigenvalue weighted by Gasteiger charge is -2.26. The largest absolute Gasteiger partial charge is 0.472 e. The van der Waals surface area contributed by atoms with Crippen molar-refractivity contribution in [2.45, 2.75) is 64.5 Å². The van der Waals surface area contributed by atoms with E-state index >= 15 is 0 Å². The van der Waals surface area contributed by atoms with Crippen molar-refractivity contribution < 1.29 is 32.9 Å². The first-order valence-corrected chi connectivity index (χ1v) is 10.9. The van der Waals surface area contributed by atoms with Gasteiger partial charge in [0.25, 0.3) is 0 Å². The van der Waals surface area contributed by atoms with Crippen LogP contribution in [0.4, 0.5) is 0 Å². The Hall–Kier alpha value is -0.500. The van der Waals surface area contributed by atoms with E-state index in [-0.39, 0.29) is 19.1 Å². The molecule has 0 heterocycles. The summed E-state index contributed by atoms with van der Waals surface area (Å²) in [5, 5.41) is 13.0. The minimum atomic E-state index is -4.24. The molecule has 0 rings (SSSR count). The summed E-state index contributed by atoms with van der Waals surface area (Å²) in [6.45, 7) is 4.28. The predicted molar refractivity (Wildman–Crippen MR) is 102 cm³/mol. The quantitative estimate of drug-likeness (QED) is 0.222. The maximum Gasteiger partial charge on any atom is 0.472 e. The number of phosphoric acid groups is 1. The molecule has 8 nitrogen and oxygen atoms in total. The summed E-state index contributed by atoms with van der Waals surface area (Å²) in [6.07, 6.45) is 3.46. The average Bonchev–Trinajstić information content (AvgIpc) is 2.50. The highest BCUT2D eigenvalue weighted by Crippen LogP contribution is 2.43. The van der Waals surface area contributed by atoms with Crippen LogP contribution < -0.4 is 5.32 Å². The first-order valence-electron chi connectivity index (χ1n) is 9.40. The smallest absolute Gasteiger partial charge is 0.391 e. The number of rotatable bonds is 15. The molecule has 26 heavy (non-hydrogen) atoms. The van der Waals surface area contributed by atoms with Crippen LogP contribution in [0.1, 0.15) is 52.4 Å². The fraction of sp³-hybridized carbons (Fsp3) is 0.941. The molecule has 9 heteroatoms. The number of nitrogens with one attached hydrogen (secondary N) is 1. The maximum absolute atomic E-state index is 12.0. The van der Waals surface area contributed by atoms with E-state index in [1.54, 1.807) is 0 Å². The Morgan fingerprint density at radius 3 is 2.35 bits per heavy atom. The molecule has 1 amide bonds. The van der Waals surface area contributed by atoms with Crippen LogP contribution in [0.2, 0.25) is 0 Å². The van der Waals surface area contributed by atoms with E-state index in [4.69, 9.17) is 9.05 Å². The van der Waals surface area contributed by atoms with Gasteiger partial charge in [0.15, 0.2) is 0 Å². The summed E-state index contributed by atoms with van der Waals surface area (Å²) in [7, 11) is 1.59. The van der Waals surface area contributed by atoms with Crippen molar-refractivity contribution in [3.63, 3.8) is 0 Å². The van der Waals surface area contributed by atoms with Crippen molar-refractivity contribution >= 4 is 13.7 Å². The molecule has 0 radical (unpaired) electrons. The molecule has 0 saturated heterocycles. The highest BCUT2D eigenvalue weighted by atomic mass is 31.2. The summed E-state index contributed by atoms with van der Waals surface area (Å²) < 4.78 is 22.6. The van der Waals surface area contributed by atoms with Crippen LogP contribution in [0.3, 0.4) is 0 Å². The third kappa shape index (κ3) is 13.7. The maximum atomic E-state index is 12.0. The van der Waals surface area contributed by atoms with E-state index in [1.165, 1.54) is 0 Å². The van der Waals surface area contributed by atoms with Gasteiger partial charge in [-0.05, 0) is 12.8 Å². The standard InChI is InChI=1S/C17H37N2O6P/c1-6-8-9-11-16(20)15(18-17(21)10-7-2)14-25-26(22,23)24-13-12-19(3,4)5/h15-16,20H,6-14H2,1-5H3,(H-,18,21,22,23)/p+1. The van der Waals surface area contributed by atoms with Crippen molar-refractivity contribution in [1.82, 2.24) is 5.32 Å². The molecule has 0 aromatic heterocycles. The number of phosphoric ester groups is 1. The summed E-state index contributed by atoms with van der Waals surface area (Å²) >= 11 is 0. The summed E-state index contributed by atoms with van der Waals surface area (Å²) in [6, 6.07) is -0.742. The lowest BCUT2D eigenvalue weighted by Crippen LogP contribution is -2.46. The lowest BCUT2D eigenvalue weighted by atomic mass is 10.0. The Morgan fingerprint density at radius 1 is 1.15 bits per heavy atom. The molecule has 3 unspecified atom stereocenters. The highest BCUT2D eigenvalue weighted by molar-refractivity contribution is 7.47. The van der Waals surface area contributed by atoms with Crippen molar-refractivity contribution in [3.05, 3.63) is 0 Å². The van der Waals surface area contributed by atoms with Crippen LogP contribution in [0.5, 0.6) is 0 Å². The van der Waals surface area contributed by atoms with Crippen LogP contribution in [0.25, 0.3) is 0 Å². The number of aliphatic hydroxyl groups is 1.